The zero-order valence-corrected chi connectivity index (χ0v) is 11.2. The minimum Gasteiger partial charge on any atom is -0.315 e. The van der Waals surface area contributed by atoms with Crippen molar-refractivity contribution in [2.75, 3.05) is 0 Å². The number of Topliss-reactive ketones (excluding diaryl/α,β-unsaturated/α-hetero) is 1. The first kappa shape index (κ1) is 14.8. The van der Waals surface area contributed by atoms with E-state index in [9.17, 15) is 4.79 Å². The molecule has 0 aromatic heterocycles. The molecular weight excluding hydrogens is 253 g/mol. The lowest BCUT2D eigenvalue weighted by Gasteiger charge is -2.50. The van der Waals surface area contributed by atoms with Crippen molar-refractivity contribution >= 4 is 48.8 Å². The molecule has 1 atom stereocenters. The van der Waals surface area contributed by atoms with E-state index in [0.29, 0.717) is 10.6 Å². The Morgan fingerprint density at radius 2 is 1.68 bits per heavy atom. The van der Waals surface area contributed by atoms with E-state index in [4.69, 9.17) is 48.7 Å². The lowest BCUT2D eigenvalue weighted by Crippen LogP contribution is -2.57. The Balaban J connectivity index is 2.58. The summed E-state index contributed by atoms with van der Waals surface area (Å²) in [5.41, 5.74) is 5.17. The van der Waals surface area contributed by atoms with E-state index >= 15 is 0 Å². The van der Waals surface area contributed by atoms with E-state index in [-0.39, 0.29) is 12.8 Å². The van der Waals surface area contributed by atoms with Crippen molar-refractivity contribution in [1.29, 1.82) is 0 Å². The minimum absolute atomic E-state index is 0.0265. The molecule has 1 saturated carbocycles. The molecule has 0 saturated heterocycles. The third-order valence-corrected chi connectivity index (χ3v) is 3.74. The molecule has 1 aromatic rings. The maximum atomic E-state index is 12.5. The highest BCUT2D eigenvalue weighted by Crippen LogP contribution is 2.53. The summed E-state index contributed by atoms with van der Waals surface area (Å²) < 4.78 is 0. The number of halogens is 1. The van der Waals surface area contributed by atoms with Crippen LogP contribution in [0.2, 0.25) is 15.5 Å². The van der Waals surface area contributed by atoms with Gasteiger partial charge in [-0.05, 0) is 23.3 Å². The highest BCUT2D eigenvalue weighted by atomic mass is 35.5. The monoisotopic (exact) mass is 263 g/mol. The molecule has 1 aromatic carbocycles. The number of rotatable bonds is 1. The van der Waals surface area contributed by atoms with Crippen LogP contribution in [-0.4, -0.2) is 37.2 Å². The zero-order valence-electron chi connectivity index (χ0n) is 10.4. The van der Waals surface area contributed by atoms with Crippen molar-refractivity contribution in [2.24, 2.45) is 5.73 Å². The highest BCUT2D eigenvalue weighted by Gasteiger charge is 2.52. The van der Waals surface area contributed by atoms with Crippen molar-refractivity contribution in [2.45, 2.75) is 28.8 Å². The number of carbonyl (C=O) groups excluding carboxylic acids is 1. The summed E-state index contributed by atoms with van der Waals surface area (Å²) >= 11 is 6.10. The van der Waals surface area contributed by atoms with Crippen molar-refractivity contribution in [3.8, 4) is 0 Å². The normalized spacial score (nSPS) is 29.1. The van der Waals surface area contributed by atoms with E-state index in [1.165, 1.54) is 0 Å². The van der Waals surface area contributed by atoms with Crippen LogP contribution >= 0.6 is 11.6 Å². The second kappa shape index (κ2) is 4.46. The summed E-state index contributed by atoms with van der Waals surface area (Å²) in [6, 6.07) is 6.74. The largest absolute Gasteiger partial charge is 0.315 e. The maximum Gasteiger partial charge on any atom is 0.146 e. The van der Waals surface area contributed by atoms with Crippen molar-refractivity contribution in [3.05, 3.63) is 34.9 Å². The molecule has 7 heteroatoms. The molecule has 1 fully saturated rings. The molecule has 2 rings (SSSR count). The van der Waals surface area contributed by atoms with Gasteiger partial charge in [-0.2, -0.15) is 0 Å². The molecule has 19 heavy (non-hydrogen) atoms. The molecule has 1 aliphatic rings. The van der Waals surface area contributed by atoms with Gasteiger partial charge in [0.25, 0.3) is 0 Å². The third kappa shape index (κ3) is 2.53. The lowest BCUT2D eigenvalue weighted by atomic mass is 9.32. The number of hydrogen-bond donors (Lipinski definition) is 1. The molecular formula is C12H10B4ClNO. The van der Waals surface area contributed by atoms with Gasteiger partial charge in [0.1, 0.15) is 5.78 Å². The third-order valence-electron chi connectivity index (χ3n) is 3.41. The van der Waals surface area contributed by atoms with Gasteiger partial charge >= 0.3 is 0 Å². The fourth-order valence-electron chi connectivity index (χ4n) is 2.74. The predicted octanol–water partition coefficient (Wildman–Crippen LogP) is 0.763. The standard InChI is InChI=1S/C12H10B4ClNO/c13-10(14)5-11(18,9(19)12(15,16)6-10)7-3-1-2-4-8(7)17/h1-4H,5-6,18H2. The SMILES string of the molecule is [B]C1([B])CC([B])([B])C(=O)C(N)(c2ccccc2Cl)C1. The molecule has 0 amide bonds. The van der Waals surface area contributed by atoms with Gasteiger partial charge in [0.05, 0.1) is 36.9 Å². The molecule has 0 spiro atoms. The van der Waals surface area contributed by atoms with E-state index in [0.717, 1.165) is 0 Å². The Labute approximate surface area is 123 Å². The van der Waals surface area contributed by atoms with E-state index in [1.54, 1.807) is 24.3 Å². The van der Waals surface area contributed by atoms with Crippen molar-refractivity contribution in [3.63, 3.8) is 0 Å². The number of benzene rings is 1. The topological polar surface area (TPSA) is 43.1 Å². The van der Waals surface area contributed by atoms with Crippen LogP contribution < -0.4 is 5.73 Å². The van der Waals surface area contributed by atoms with Crippen molar-refractivity contribution < 1.29 is 4.79 Å². The van der Waals surface area contributed by atoms with Crippen LogP contribution in [0.15, 0.2) is 24.3 Å². The molecule has 0 heterocycles. The highest BCUT2D eigenvalue weighted by molar-refractivity contribution is 6.54. The first-order valence-electron chi connectivity index (χ1n) is 5.83. The zero-order chi connectivity index (χ0) is 14.5. The fourth-order valence-corrected chi connectivity index (χ4v) is 3.05. The Kier molecular flexibility index (Phi) is 3.47. The van der Waals surface area contributed by atoms with Gasteiger partial charge in [-0.3, -0.25) is 4.79 Å². The van der Waals surface area contributed by atoms with Gasteiger partial charge in [0.15, 0.2) is 0 Å². The van der Waals surface area contributed by atoms with E-state index in [1.807, 2.05) is 0 Å². The van der Waals surface area contributed by atoms with Crippen LogP contribution in [0.1, 0.15) is 18.4 Å². The van der Waals surface area contributed by atoms with Crippen LogP contribution in [0.3, 0.4) is 0 Å². The summed E-state index contributed by atoms with van der Waals surface area (Å²) in [6.45, 7) is 0. The number of hydrogen-bond acceptors (Lipinski definition) is 2. The van der Waals surface area contributed by atoms with Gasteiger partial charge in [-0.1, -0.05) is 41.4 Å². The van der Waals surface area contributed by atoms with Crippen LogP contribution in [0.5, 0.6) is 0 Å². The number of carbonyl (C=O) groups is 1. The van der Waals surface area contributed by atoms with Crippen LogP contribution in [0.4, 0.5) is 0 Å². The van der Waals surface area contributed by atoms with Crippen LogP contribution in [-0.2, 0) is 10.3 Å². The molecule has 2 N–H and O–H groups in total. The summed E-state index contributed by atoms with van der Waals surface area (Å²) in [4.78, 5) is 12.5. The van der Waals surface area contributed by atoms with Crippen LogP contribution in [0.25, 0.3) is 0 Å². The Bertz CT molecular complexity index is 534. The quantitative estimate of drug-likeness (QED) is 0.760. The molecule has 8 radical (unpaired) electrons. The van der Waals surface area contributed by atoms with E-state index < -0.39 is 21.7 Å². The van der Waals surface area contributed by atoms with Gasteiger partial charge in [0, 0.05) is 5.02 Å². The van der Waals surface area contributed by atoms with Gasteiger partial charge in [-0.25, -0.2) is 0 Å². The summed E-state index contributed by atoms with van der Waals surface area (Å²) in [5.74, 6) is -0.514. The smallest absolute Gasteiger partial charge is 0.146 e. The first-order chi connectivity index (χ1) is 8.58. The molecule has 88 valence electrons. The molecule has 2 nitrogen and oxygen atoms in total. The maximum absolute atomic E-state index is 12.5. The average Bonchev–Trinajstić information content (AvgIpc) is 2.24. The second-order valence-corrected chi connectivity index (χ2v) is 5.81. The second-order valence-electron chi connectivity index (χ2n) is 5.41. The minimum atomic E-state index is -1.67. The number of nitrogens with two attached hydrogens (primary N) is 1. The van der Waals surface area contributed by atoms with Gasteiger partial charge in [0.2, 0.25) is 0 Å². The summed E-state index contributed by atoms with van der Waals surface area (Å²) in [7, 11) is 23.5. The fraction of sp³-hybridized carbons (Fsp3) is 0.417. The Morgan fingerprint density at radius 3 is 2.26 bits per heavy atom. The molecule has 0 aliphatic heterocycles. The average molecular weight is 263 g/mol. The predicted molar refractivity (Wildman–Crippen MR) is 80.0 cm³/mol. The van der Waals surface area contributed by atoms with E-state index in [2.05, 4.69) is 0 Å². The number of ketones is 1. The summed E-state index contributed by atoms with van der Waals surface area (Å²) in [6.07, 6.45) is -0.0129. The van der Waals surface area contributed by atoms with Crippen molar-refractivity contribution in [1.82, 2.24) is 0 Å². The van der Waals surface area contributed by atoms with Gasteiger partial charge in [-0.15, -0.1) is 0 Å². The first-order valence-corrected chi connectivity index (χ1v) is 6.21. The van der Waals surface area contributed by atoms with Crippen LogP contribution in [0, 0.1) is 0 Å². The lowest BCUT2D eigenvalue weighted by molar-refractivity contribution is -0.127. The van der Waals surface area contributed by atoms with Gasteiger partial charge < -0.3 is 5.73 Å². The Morgan fingerprint density at radius 1 is 1.11 bits per heavy atom. The molecule has 1 unspecified atom stereocenters. The molecule has 1 aliphatic carbocycles. The summed E-state index contributed by atoms with van der Waals surface area (Å²) in [5, 5.41) is -2.55. The molecule has 0 bridgehead atoms. The Hall–Kier alpha value is -0.600.